The molecule has 0 aliphatic rings. The van der Waals surface area contributed by atoms with E-state index < -0.39 is 62.8 Å². The number of hydrogen-bond donors (Lipinski definition) is 1. The summed E-state index contributed by atoms with van der Waals surface area (Å²) in [6.07, 6.45) is -5.17. The maximum atomic E-state index is 14.7. The average molecular weight is 434 g/mol. The molecule has 14 heteroatoms. The molecule has 0 saturated carbocycles. The van der Waals surface area contributed by atoms with E-state index in [0.29, 0.717) is 6.07 Å². The number of aromatic carboxylic acids is 1. The van der Waals surface area contributed by atoms with E-state index in [1.165, 1.54) is 23.5 Å². The second-order valence-corrected chi connectivity index (χ2v) is 7.02. The van der Waals surface area contributed by atoms with Gasteiger partial charge >= 0.3 is 12.3 Å². The maximum absolute atomic E-state index is 14.7. The molecule has 0 fully saturated rings. The molecule has 0 saturated heterocycles. The van der Waals surface area contributed by atoms with Crippen LogP contribution in [0.2, 0.25) is 5.02 Å². The molecule has 0 aromatic heterocycles. The Morgan fingerprint density at radius 2 is 1.48 bits per heavy atom. The van der Waals surface area contributed by atoms with Gasteiger partial charge in [0, 0.05) is 5.30 Å². The predicted molar refractivity (Wildman–Crippen MR) is 101 cm³/mol. The van der Waals surface area contributed by atoms with Gasteiger partial charge in [0.05, 0.1) is 5.02 Å². The quantitative estimate of drug-likeness (QED) is 0.556. The van der Waals surface area contributed by atoms with E-state index in [4.69, 9.17) is 21.1 Å². The van der Waals surface area contributed by atoms with E-state index in [2.05, 4.69) is 4.74 Å². The van der Waals surface area contributed by atoms with Gasteiger partial charge in [0.2, 0.25) is 5.82 Å². The van der Waals surface area contributed by atoms with E-state index >= 15 is 0 Å². The number of hydrogen-bond acceptors (Lipinski definition) is 4. The molecule has 0 atom stereocenters. The normalized spacial score (nSPS) is 11.8. The monoisotopic (exact) mass is 434 g/mol. The van der Waals surface area contributed by atoms with Crippen LogP contribution < -0.4 is 14.2 Å². The summed E-state index contributed by atoms with van der Waals surface area (Å²) in [7, 11) is 4.45. The summed E-state index contributed by atoms with van der Waals surface area (Å²) < 4.78 is 80.4. The molecule has 1 N–H and O–H groups in total. The van der Waals surface area contributed by atoms with Crippen molar-refractivity contribution in [3.05, 3.63) is 46.5 Å². The lowest BCUT2D eigenvalue weighted by molar-refractivity contribution is -0.275. The average Bonchev–Trinajstić information content (AvgIpc) is 2.54. The molecule has 0 bridgehead atoms. The Morgan fingerprint density at radius 3 is 2.00 bits per heavy atom. The minimum Gasteiger partial charge on any atom is -0.508 e. The zero-order valence-corrected chi connectivity index (χ0v) is 15.9. The van der Waals surface area contributed by atoms with Crippen molar-refractivity contribution >= 4 is 41.1 Å². The largest absolute Gasteiger partial charge is 0.573 e. The molecule has 0 radical (unpaired) electrons. The molecule has 29 heavy (non-hydrogen) atoms. The highest BCUT2D eigenvalue weighted by atomic mass is 35.5. The van der Waals surface area contributed by atoms with Crippen LogP contribution in [0.1, 0.15) is 10.4 Å². The smallest absolute Gasteiger partial charge is 0.508 e. The lowest BCUT2D eigenvalue weighted by atomic mass is 9.52. The Bertz CT molecular complexity index is 949. The third-order valence-electron chi connectivity index (χ3n) is 3.15. The highest BCUT2D eigenvalue weighted by molar-refractivity contribution is 6.58. The van der Waals surface area contributed by atoms with Crippen molar-refractivity contribution < 1.29 is 46.1 Å². The fourth-order valence-corrected chi connectivity index (χ4v) is 2.30. The van der Waals surface area contributed by atoms with Crippen LogP contribution in [0.15, 0.2) is 24.3 Å². The number of alkyl halides is 3. The Balaban J connectivity index is 2.60. The fourth-order valence-electron chi connectivity index (χ4n) is 2.14. The van der Waals surface area contributed by atoms with Gasteiger partial charge in [-0.25, -0.2) is 9.18 Å². The standard InChI is InChI=1S/C15H11B3ClF5O5/c16-14(17,18)29-12-8(4-3-7(11(12)21)28-15(22,23)24)27-6-2-1-5(19)10(20)9(6)13(25)26/h1-4H,16-18H2,(H,25,26). The minimum absolute atomic E-state index is 0.499. The van der Waals surface area contributed by atoms with Crippen LogP contribution in [0.5, 0.6) is 23.0 Å². The summed E-state index contributed by atoms with van der Waals surface area (Å²) >= 11 is 5.56. The molecule has 0 aliphatic carbocycles. The van der Waals surface area contributed by atoms with Crippen LogP contribution in [-0.2, 0) is 0 Å². The number of carbonyl (C=O) groups is 1. The van der Waals surface area contributed by atoms with Crippen LogP contribution in [-0.4, -0.2) is 46.3 Å². The zero-order valence-electron chi connectivity index (χ0n) is 15.2. The molecule has 2 aromatic rings. The summed E-state index contributed by atoms with van der Waals surface area (Å²) in [5, 5.41) is 7.62. The summed E-state index contributed by atoms with van der Waals surface area (Å²) in [6, 6.07) is 3.48. The van der Waals surface area contributed by atoms with Crippen LogP contribution in [0.3, 0.4) is 0 Å². The van der Waals surface area contributed by atoms with Gasteiger partial charge in [-0.1, -0.05) is 11.6 Å². The van der Waals surface area contributed by atoms with Crippen molar-refractivity contribution in [2.75, 3.05) is 0 Å². The summed E-state index contributed by atoms with van der Waals surface area (Å²) in [5.74, 6) is -7.61. The topological polar surface area (TPSA) is 65.0 Å². The van der Waals surface area contributed by atoms with Crippen molar-refractivity contribution in [1.82, 2.24) is 0 Å². The van der Waals surface area contributed by atoms with Crippen molar-refractivity contribution in [2.24, 2.45) is 0 Å². The lowest BCUT2D eigenvalue weighted by Crippen LogP contribution is -2.38. The zero-order chi connectivity index (χ0) is 22.1. The van der Waals surface area contributed by atoms with Crippen molar-refractivity contribution in [3.63, 3.8) is 0 Å². The van der Waals surface area contributed by atoms with E-state index in [1.54, 1.807) is 0 Å². The van der Waals surface area contributed by atoms with Gasteiger partial charge in [0.25, 0.3) is 0 Å². The van der Waals surface area contributed by atoms with Gasteiger partial charge in [-0.3, -0.25) is 0 Å². The molecule has 0 unspecified atom stereocenters. The SMILES string of the molecule is BC(B)(B)Oc1c(Oc2ccc(Cl)c(F)c2C(=O)O)ccc(OC(F)(F)F)c1F. The first-order valence-electron chi connectivity index (χ1n) is 7.86. The summed E-state index contributed by atoms with van der Waals surface area (Å²) in [6.45, 7) is 0. The first-order chi connectivity index (χ1) is 13.2. The highest BCUT2D eigenvalue weighted by Gasteiger charge is 2.34. The van der Waals surface area contributed by atoms with Gasteiger partial charge in [-0.2, -0.15) is 4.39 Å². The third-order valence-corrected chi connectivity index (χ3v) is 3.44. The van der Waals surface area contributed by atoms with Crippen molar-refractivity contribution in [1.29, 1.82) is 0 Å². The number of carboxylic acids is 1. The number of carboxylic acid groups (broad SMARTS) is 1. The van der Waals surface area contributed by atoms with E-state index in [9.17, 15) is 31.9 Å². The maximum Gasteiger partial charge on any atom is 0.573 e. The molecule has 0 spiro atoms. The van der Waals surface area contributed by atoms with Crippen LogP contribution in [0.4, 0.5) is 22.0 Å². The number of benzene rings is 2. The Labute approximate surface area is 168 Å². The molecule has 0 aliphatic heterocycles. The minimum atomic E-state index is -5.17. The molecule has 0 amide bonds. The molecule has 2 aromatic carbocycles. The van der Waals surface area contributed by atoms with E-state index in [-0.39, 0.29) is 0 Å². The number of rotatable bonds is 6. The Kier molecular flexibility index (Phi) is 6.31. The molecular formula is C15H11B3ClF5O5. The van der Waals surface area contributed by atoms with Gasteiger partial charge in [-0.05, 0) is 24.3 Å². The Morgan fingerprint density at radius 1 is 0.931 bits per heavy atom. The van der Waals surface area contributed by atoms with Gasteiger partial charge in [0.1, 0.15) is 34.9 Å². The molecule has 2 rings (SSSR count). The van der Waals surface area contributed by atoms with Crippen molar-refractivity contribution in [3.8, 4) is 23.0 Å². The number of halogens is 6. The fraction of sp³-hybridized carbons (Fsp3) is 0.133. The molecule has 5 nitrogen and oxygen atoms in total. The third kappa shape index (κ3) is 5.72. The Hall–Kier alpha value is -2.56. The second-order valence-electron chi connectivity index (χ2n) is 6.61. The van der Waals surface area contributed by atoms with Gasteiger partial charge in [0.15, 0.2) is 23.1 Å². The predicted octanol–water partition coefficient (Wildman–Crippen LogP) is 1.90. The van der Waals surface area contributed by atoms with Crippen LogP contribution in [0, 0.1) is 11.6 Å². The van der Waals surface area contributed by atoms with Crippen LogP contribution >= 0.6 is 11.6 Å². The summed E-state index contributed by atoms with van der Waals surface area (Å²) in [4.78, 5) is 11.3. The molecule has 0 heterocycles. The van der Waals surface area contributed by atoms with Gasteiger partial charge < -0.3 is 19.3 Å². The number of ether oxygens (including phenoxy) is 3. The second kappa shape index (κ2) is 8.06. The first-order valence-corrected chi connectivity index (χ1v) is 8.24. The summed E-state index contributed by atoms with van der Waals surface area (Å²) in [5.41, 5.74) is -0.949. The van der Waals surface area contributed by atoms with E-state index in [1.807, 2.05) is 0 Å². The van der Waals surface area contributed by atoms with Crippen molar-refractivity contribution in [2.45, 2.75) is 11.7 Å². The molecule has 152 valence electrons. The highest BCUT2D eigenvalue weighted by Crippen LogP contribution is 2.42. The van der Waals surface area contributed by atoms with E-state index in [0.717, 1.165) is 18.2 Å². The van der Waals surface area contributed by atoms with Crippen LogP contribution in [0.25, 0.3) is 0 Å². The van der Waals surface area contributed by atoms with Gasteiger partial charge in [-0.15, -0.1) is 13.2 Å². The first kappa shape index (κ1) is 22.7. The molecular weight excluding hydrogens is 423 g/mol. The lowest BCUT2D eigenvalue weighted by Gasteiger charge is -2.25.